The molecule has 5 nitrogen and oxygen atoms in total. The number of piperidine rings is 1. The SMILES string of the molecule is Cc1nc([C@H]2CCCN(C(=O)Cc3ccc(F)cc3C)C2)cc(=O)[nH]1. The van der Waals surface area contributed by atoms with Crippen LogP contribution in [0.3, 0.4) is 0 Å². The number of carbonyl (C=O) groups excluding carboxylic acids is 1. The topological polar surface area (TPSA) is 66.1 Å². The molecule has 0 bridgehead atoms. The number of aryl methyl sites for hydroxylation is 2. The third-order valence-electron chi connectivity index (χ3n) is 4.72. The van der Waals surface area contributed by atoms with E-state index in [0.29, 0.717) is 18.9 Å². The Labute approximate surface area is 145 Å². The Balaban J connectivity index is 1.72. The van der Waals surface area contributed by atoms with Crippen molar-refractivity contribution >= 4 is 5.91 Å². The van der Waals surface area contributed by atoms with E-state index in [9.17, 15) is 14.0 Å². The molecule has 1 N–H and O–H groups in total. The molecule has 1 aliphatic heterocycles. The summed E-state index contributed by atoms with van der Waals surface area (Å²) in [5.41, 5.74) is 2.22. The van der Waals surface area contributed by atoms with Crippen molar-refractivity contribution in [2.75, 3.05) is 13.1 Å². The lowest BCUT2D eigenvalue weighted by Crippen LogP contribution is -2.40. The number of aromatic nitrogens is 2. The van der Waals surface area contributed by atoms with Crippen LogP contribution >= 0.6 is 0 Å². The van der Waals surface area contributed by atoms with Crippen LogP contribution in [-0.2, 0) is 11.2 Å². The molecule has 1 aromatic carbocycles. The summed E-state index contributed by atoms with van der Waals surface area (Å²) in [5, 5.41) is 0. The zero-order valence-corrected chi connectivity index (χ0v) is 14.5. The van der Waals surface area contributed by atoms with Gasteiger partial charge in [-0.25, -0.2) is 9.37 Å². The van der Waals surface area contributed by atoms with Crippen LogP contribution in [0.15, 0.2) is 29.1 Å². The first-order valence-electron chi connectivity index (χ1n) is 8.53. The van der Waals surface area contributed by atoms with Crippen LogP contribution in [0.25, 0.3) is 0 Å². The van der Waals surface area contributed by atoms with Crippen LogP contribution in [0.5, 0.6) is 0 Å². The summed E-state index contributed by atoms with van der Waals surface area (Å²) in [6.07, 6.45) is 2.06. The van der Waals surface area contributed by atoms with Crippen molar-refractivity contribution in [1.82, 2.24) is 14.9 Å². The maximum Gasteiger partial charge on any atom is 0.251 e. The summed E-state index contributed by atoms with van der Waals surface area (Å²) in [6, 6.07) is 6.03. The highest BCUT2D eigenvalue weighted by molar-refractivity contribution is 5.79. The van der Waals surface area contributed by atoms with E-state index in [0.717, 1.165) is 29.7 Å². The predicted octanol–water partition coefficient (Wildman–Crippen LogP) is 2.47. The Morgan fingerprint density at radius 1 is 1.36 bits per heavy atom. The maximum absolute atomic E-state index is 13.2. The molecule has 1 aliphatic rings. The molecule has 0 spiro atoms. The summed E-state index contributed by atoms with van der Waals surface area (Å²) in [7, 11) is 0. The highest BCUT2D eigenvalue weighted by Gasteiger charge is 2.26. The number of hydrogen-bond donors (Lipinski definition) is 1. The molecule has 2 aromatic rings. The molecule has 132 valence electrons. The zero-order chi connectivity index (χ0) is 18.0. The molecule has 2 heterocycles. The molecule has 1 amide bonds. The number of nitrogens with zero attached hydrogens (tertiary/aromatic N) is 2. The smallest absolute Gasteiger partial charge is 0.251 e. The van der Waals surface area contributed by atoms with Gasteiger partial charge in [-0.2, -0.15) is 0 Å². The number of halogens is 1. The Morgan fingerprint density at radius 2 is 2.16 bits per heavy atom. The number of hydrogen-bond acceptors (Lipinski definition) is 3. The van der Waals surface area contributed by atoms with Crippen LogP contribution in [0.1, 0.15) is 41.4 Å². The summed E-state index contributed by atoms with van der Waals surface area (Å²) >= 11 is 0. The van der Waals surface area contributed by atoms with E-state index in [1.807, 2.05) is 11.8 Å². The van der Waals surface area contributed by atoms with Crippen molar-refractivity contribution in [3.63, 3.8) is 0 Å². The Hall–Kier alpha value is -2.50. The molecule has 0 radical (unpaired) electrons. The van der Waals surface area contributed by atoms with Crippen molar-refractivity contribution in [1.29, 1.82) is 0 Å². The van der Waals surface area contributed by atoms with Crippen molar-refractivity contribution < 1.29 is 9.18 Å². The number of nitrogens with one attached hydrogen (secondary N) is 1. The fraction of sp³-hybridized carbons (Fsp3) is 0.421. The van der Waals surface area contributed by atoms with E-state index in [2.05, 4.69) is 9.97 Å². The molecular formula is C19H22FN3O2. The van der Waals surface area contributed by atoms with Crippen molar-refractivity contribution in [3.8, 4) is 0 Å². The molecule has 1 saturated heterocycles. The third kappa shape index (κ3) is 4.13. The minimum atomic E-state index is -0.289. The minimum Gasteiger partial charge on any atom is -0.342 e. The van der Waals surface area contributed by atoms with E-state index < -0.39 is 0 Å². The van der Waals surface area contributed by atoms with Crippen LogP contribution in [-0.4, -0.2) is 33.9 Å². The van der Waals surface area contributed by atoms with Crippen LogP contribution < -0.4 is 5.56 Å². The first kappa shape index (κ1) is 17.3. The Kier molecular flexibility index (Phi) is 4.97. The number of rotatable bonds is 3. The van der Waals surface area contributed by atoms with Gasteiger partial charge in [0.1, 0.15) is 11.6 Å². The van der Waals surface area contributed by atoms with E-state index in [4.69, 9.17) is 0 Å². The van der Waals surface area contributed by atoms with Crippen molar-refractivity contribution in [3.05, 3.63) is 63.1 Å². The van der Waals surface area contributed by atoms with E-state index in [-0.39, 0.29) is 29.6 Å². The van der Waals surface area contributed by atoms with Gasteiger partial charge in [-0.3, -0.25) is 9.59 Å². The predicted molar refractivity (Wildman–Crippen MR) is 93.0 cm³/mol. The highest BCUT2D eigenvalue weighted by Crippen LogP contribution is 2.25. The lowest BCUT2D eigenvalue weighted by atomic mass is 9.94. The molecule has 25 heavy (non-hydrogen) atoms. The van der Waals surface area contributed by atoms with Gasteiger partial charge in [0, 0.05) is 25.1 Å². The van der Waals surface area contributed by atoms with Gasteiger partial charge in [-0.05, 0) is 49.9 Å². The summed E-state index contributed by atoms with van der Waals surface area (Å²) in [4.78, 5) is 33.2. The summed E-state index contributed by atoms with van der Waals surface area (Å²) < 4.78 is 13.2. The van der Waals surface area contributed by atoms with Crippen LogP contribution in [0.2, 0.25) is 0 Å². The second-order valence-electron chi connectivity index (χ2n) is 6.68. The fourth-order valence-corrected chi connectivity index (χ4v) is 3.39. The van der Waals surface area contributed by atoms with Gasteiger partial charge in [-0.15, -0.1) is 0 Å². The van der Waals surface area contributed by atoms with E-state index >= 15 is 0 Å². The summed E-state index contributed by atoms with van der Waals surface area (Å²) in [6.45, 7) is 4.84. The van der Waals surface area contributed by atoms with Crippen LogP contribution in [0, 0.1) is 19.7 Å². The van der Waals surface area contributed by atoms with Crippen molar-refractivity contribution in [2.45, 2.75) is 39.0 Å². The molecule has 0 saturated carbocycles. The highest BCUT2D eigenvalue weighted by atomic mass is 19.1. The Bertz CT molecular complexity index is 847. The fourth-order valence-electron chi connectivity index (χ4n) is 3.39. The quantitative estimate of drug-likeness (QED) is 0.931. The Morgan fingerprint density at radius 3 is 2.88 bits per heavy atom. The summed E-state index contributed by atoms with van der Waals surface area (Å²) in [5.74, 6) is 0.407. The van der Waals surface area contributed by atoms with Gasteiger partial charge >= 0.3 is 0 Å². The number of carbonyl (C=O) groups is 1. The maximum atomic E-state index is 13.2. The van der Waals surface area contributed by atoms with Crippen molar-refractivity contribution in [2.24, 2.45) is 0 Å². The second kappa shape index (κ2) is 7.17. The number of benzene rings is 1. The number of aromatic amines is 1. The molecule has 0 unspecified atom stereocenters. The van der Waals surface area contributed by atoms with Crippen LogP contribution in [0.4, 0.5) is 4.39 Å². The normalized spacial score (nSPS) is 17.6. The molecule has 0 aliphatic carbocycles. The van der Waals surface area contributed by atoms with Gasteiger partial charge < -0.3 is 9.88 Å². The second-order valence-corrected chi connectivity index (χ2v) is 6.68. The first-order chi connectivity index (χ1) is 11.9. The molecule has 3 rings (SSSR count). The number of likely N-dealkylation sites (tertiary alicyclic amines) is 1. The van der Waals surface area contributed by atoms with Gasteiger partial charge in [0.05, 0.1) is 12.1 Å². The van der Waals surface area contributed by atoms with Gasteiger partial charge in [-0.1, -0.05) is 6.07 Å². The minimum absolute atomic E-state index is 0.0287. The molecule has 6 heteroatoms. The van der Waals surface area contributed by atoms with Gasteiger partial charge in [0.2, 0.25) is 5.91 Å². The lowest BCUT2D eigenvalue weighted by molar-refractivity contribution is -0.131. The lowest BCUT2D eigenvalue weighted by Gasteiger charge is -2.32. The molecule has 1 aromatic heterocycles. The van der Waals surface area contributed by atoms with Gasteiger partial charge in [0.25, 0.3) is 5.56 Å². The number of H-pyrrole nitrogens is 1. The standard InChI is InChI=1S/C19H22FN3O2/c1-12-8-16(20)6-5-14(12)9-19(25)23-7-3-4-15(11-23)17-10-18(24)22-13(2)21-17/h5-6,8,10,15H,3-4,7,9,11H2,1-2H3,(H,21,22,24)/t15-/m0/s1. The molecular weight excluding hydrogens is 321 g/mol. The van der Waals surface area contributed by atoms with E-state index in [1.165, 1.54) is 18.2 Å². The molecule has 1 atom stereocenters. The van der Waals surface area contributed by atoms with E-state index in [1.54, 1.807) is 13.0 Å². The zero-order valence-electron chi connectivity index (χ0n) is 14.5. The number of amides is 1. The molecule has 1 fully saturated rings. The average Bonchev–Trinajstić information content (AvgIpc) is 2.56. The first-order valence-corrected chi connectivity index (χ1v) is 8.53. The average molecular weight is 343 g/mol. The third-order valence-corrected chi connectivity index (χ3v) is 4.72. The van der Waals surface area contributed by atoms with Gasteiger partial charge in [0.15, 0.2) is 0 Å². The largest absolute Gasteiger partial charge is 0.342 e. The monoisotopic (exact) mass is 343 g/mol.